The first-order valence-corrected chi connectivity index (χ1v) is 6.53. The van der Waals surface area contributed by atoms with Gasteiger partial charge in [-0.1, -0.05) is 0 Å². The Morgan fingerprint density at radius 3 is 2.76 bits per heavy atom. The number of hydrogen-bond acceptors (Lipinski definition) is 5. The van der Waals surface area contributed by atoms with Crippen molar-refractivity contribution in [2.75, 3.05) is 12.3 Å². The third-order valence-corrected chi connectivity index (χ3v) is 2.73. The van der Waals surface area contributed by atoms with Gasteiger partial charge in [-0.15, -0.1) is 0 Å². The van der Waals surface area contributed by atoms with E-state index < -0.39 is 15.9 Å². The zero-order valence-corrected chi connectivity index (χ0v) is 9.77. The summed E-state index contributed by atoms with van der Waals surface area (Å²) in [6, 6.07) is 1.27. The molecule has 1 rings (SSSR count). The SMILES string of the molecule is NS(=O)(=O)CCCNC(=O)c1cncc(O)c1. The van der Waals surface area contributed by atoms with Gasteiger partial charge in [-0.2, -0.15) is 0 Å². The number of primary sulfonamides is 1. The van der Waals surface area contributed by atoms with Crippen molar-refractivity contribution >= 4 is 15.9 Å². The van der Waals surface area contributed by atoms with Crippen molar-refractivity contribution in [1.29, 1.82) is 0 Å². The van der Waals surface area contributed by atoms with Crippen LogP contribution in [0, 0.1) is 0 Å². The molecule has 1 heterocycles. The zero-order chi connectivity index (χ0) is 12.9. The highest BCUT2D eigenvalue weighted by Crippen LogP contribution is 2.07. The highest BCUT2D eigenvalue weighted by atomic mass is 32.2. The Morgan fingerprint density at radius 1 is 1.47 bits per heavy atom. The Morgan fingerprint density at radius 2 is 2.18 bits per heavy atom. The summed E-state index contributed by atoms with van der Waals surface area (Å²) < 4.78 is 21.2. The predicted molar refractivity (Wildman–Crippen MR) is 60.8 cm³/mol. The quantitative estimate of drug-likeness (QED) is 0.597. The molecule has 0 unspecified atom stereocenters. The topological polar surface area (TPSA) is 122 Å². The Bertz CT molecular complexity index is 501. The van der Waals surface area contributed by atoms with Crippen molar-refractivity contribution in [2.45, 2.75) is 6.42 Å². The molecule has 0 bridgehead atoms. The average Bonchev–Trinajstić information content (AvgIpc) is 2.23. The van der Waals surface area contributed by atoms with Gasteiger partial charge < -0.3 is 10.4 Å². The number of hydrogen-bond donors (Lipinski definition) is 3. The molecule has 0 aliphatic rings. The number of aromatic nitrogens is 1. The molecule has 94 valence electrons. The first kappa shape index (κ1) is 13.4. The van der Waals surface area contributed by atoms with Gasteiger partial charge in [0, 0.05) is 12.7 Å². The van der Waals surface area contributed by atoms with Crippen LogP contribution in [-0.2, 0) is 10.0 Å². The van der Waals surface area contributed by atoms with Gasteiger partial charge >= 0.3 is 0 Å². The molecule has 1 aromatic rings. The van der Waals surface area contributed by atoms with E-state index in [4.69, 9.17) is 10.2 Å². The van der Waals surface area contributed by atoms with Crippen molar-refractivity contribution in [3.8, 4) is 5.75 Å². The standard InChI is InChI=1S/C9H13N3O4S/c10-17(15,16)3-1-2-12-9(14)7-4-8(13)6-11-5-7/h4-6,13H,1-3H2,(H,12,14)(H2,10,15,16). The molecule has 0 aromatic carbocycles. The van der Waals surface area contributed by atoms with E-state index in [-0.39, 0.29) is 30.0 Å². The lowest BCUT2D eigenvalue weighted by molar-refractivity contribution is 0.0953. The molecule has 0 radical (unpaired) electrons. The first-order valence-electron chi connectivity index (χ1n) is 4.81. The second-order valence-corrected chi connectivity index (χ2v) is 5.14. The molecule has 0 spiro atoms. The molecule has 8 heteroatoms. The van der Waals surface area contributed by atoms with Crippen LogP contribution in [0.25, 0.3) is 0 Å². The Balaban J connectivity index is 2.41. The summed E-state index contributed by atoms with van der Waals surface area (Å²) in [5.41, 5.74) is 0.209. The number of pyridine rings is 1. The fourth-order valence-corrected chi connectivity index (χ4v) is 1.68. The molecule has 0 saturated heterocycles. The monoisotopic (exact) mass is 259 g/mol. The molecule has 0 aliphatic heterocycles. The zero-order valence-electron chi connectivity index (χ0n) is 8.96. The third-order valence-electron chi connectivity index (χ3n) is 1.88. The molecular weight excluding hydrogens is 246 g/mol. The van der Waals surface area contributed by atoms with Crippen molar-refractivity contribution in [1.82, 2.24) is 10.3 Å². The van der Waals surface area contributed by atoms with E-state index in [9.17, 15) is 13.2 Å². The third kappa shape index (κ3) is 5.27. The highest BCUT2D eigenvalue weighted by Gasteiger charge is 2.07. The predicted octanol–water partition coefficient (Wildman–Crippen LogP) is -0.804. The van der Waals surface area contributed by atoms with Crippen LogP contribution >= 0.6 is 0 Å². The van der Waals surface area contributed by atoms with Crippen molar-refractivity contribution in [3.63, 3.8) is 0 Å². The van der Waals surface area contributed by atoms with Crippen molar-refractivity contribution in [2.24, 2.45) is 5.14 Å². The summed E-state index contributed by atoms with van der Waals surface area (Å²) in [5, 5.41) is 16.4. The molecule has 7 nitrogen and oxygen atoms in total. The number of nitrogens with zero attached hydrogens (tertiary/aromatic N) is 1. The van der Waals surface area contributed by atoms with E-state index in [0.29, 0.717) is 0 Å². The van der Waals surface area contributed by atoms with Crippen LogP contribution in [-0.4, -0.2) is 36.7 Å². The van der Waals surface area contributed by atoms with E-state index in [1.54, 1.807) is 0 Å². The van der Waals surface area contributed by atoms with Crippen molar-refractivity contribution in [3.05, 3.63) is 24.0 Å². The van der Waals surface area contributed by atoms with Gasteiger partial charge in [0.2, 0.25) is 10.0 Å². The van der Waals surface area contributed by atoms with Gasteiger partial charge in [0.1, 0.15) is 5.75 Å². The van der Waals surface area contributed by atoms with Gasteiger partial charge in [-0.25, -0.2) is 13.6 Å². The van der Waals surface area contributed by atoms with E-state index in [1.165, 1.54) is 18.5 Å². The maximum absolute atomic E-state index is 11.5. The number of nitrogens with one attached hydrogen (secondary N) is 1. The molecule has 0 atom stereocenters. The number of carbonyl (C=O) groups excluding carboxylic acids is 1. The Labute approximate surface area is 98.7 Å². The minimum absolute atomic E-state index is 0.109. The summed E-state index contributed by atoms with van der Waals surface area (Å²) in [4.78, 5) is 15.1. The fourth-order valence-electron chi connectivity index (χ4n) is 1.13. The Hall–Kier alpha value is -1.67. The normalized spacial score (nSPS) is 11.1. The smallest absolute Gasteiger partial charge is 0.252 e. The van der Waals surface area contributed by atoms with Gasteiger partial charge in [-0.3, -0.25) is 9.78 Å². The second-order valence-electron chi connectivity index (χ2n) is 3.41. The van der Waals surface area contributed by atoms with Gasteiger partial charge in [0.25, 0.3) is 5.91 Å². The highest BCUT2D eigenvalue weighted by molar-refractivity contribution is 7.89. The van der Waals surface area contributed by atoms with Gasteiger partial charge in [0.15, 0.2) is 0 Å². The van der Waals surface area contributed by atoms with Crippen LogP contribution in [0.5, 0.6) is 5.75 Å². The number of rotatable bonds is 5. The second kappa shape index (κ2) is 5.60. The first-order chi connectivity index (χ1) is 7.88. The van der Waals surface area contributed by atoms with Crippen LogP contribution in [0.3, 0.4) is 0 Å². The molecule has 0 saturated carbocycles. The minimum Gasteiger partial charge on any atom is -0.506 e. The molecule has 0 fully saturated rings. The van der Waals surface area contributed by atoms with Crippen molar-refractivity contribution < 1.29 is 18.3 Å². The number of nitrogens with two attached hydrogens (primary N) is 1. The lowest BCUT2D eigenvalue weighted by Gasteiger charge is -2.04. The number of aromatic hydroxyl groups is 1. The van der Waals surface area contributed by atoms with Crippen LogP contribution in [0.1, 0.15) is 16.8 Å². The number of amides is 1. The van der Waals surface area contributed by atoms with Crippen LogP contribution < -0.4 is 10.5 Å². The molecular formula is C9H13N3O4S. The summed E-state index contributed by atoms with van der Waals surface area (Å²) in [6.07, 6.45) is 2.74. The largest absolute Gasteiger partial charge is 0.506 e. The van der Waals surface area contributed by atoms with Gasteiger partial charge in [-0.05, 0) is 12.5 Å². The van der Waals surface area contributed by atoms with E-state index in [1.807, 2.05) is 0 Å². The van der Waals surface area contributed by atoms with E-state index in [0.717, 1.165) is 0 Å². The number of sulfonamides is 1. The van der Waals surface area contributed by atoms with Crippen LogP contribution in [0.15, 0.2) is 18.5 Å². The molecule has 17 heavy (non-hydrogen) atoms. The maximum atomic E-state index is 11.5. The molecule has 0 aliphatic carbocycles. The fraction of sp³-hybridized carbons (Fsp3) is 0.333. The minimum atomic E-state index is -3.50. The summed E-state index contributed by atoms with van der Waals surface area (Å²) in [5.74, 6) is -0.726. The van der Waals surface area contributed by atoms with Crippen LogP contribution in [0.4, 0.5) is 0 Å². The molecule has 1 aromatic heterocycles. The van der Waals surface area contributed by atoms with Gasteiger partial charge in [0.05, 0.1) is 17.5 Å². The lowest BCUT2D eigenvalue weighted by Crippen LogP contribution is -2.27. The summed E-state index contributed by atoms with van der Waals surface area (Å²) in [6.45, 7) is 0.185. The van der Waals surface area contributed by atoms with Crippen LogP contribution in [0.2, 0.25) is 0 Å². The maximum Gasteiger partial charge on any atom is 0.252 e. The summed E-state index contributed by atoms with van der Waals surface area (Å²) >= 11 is 0. The lowest BCUT2D eigenvalue weighted by atomic mass is 10.2. The Kier molecular flexibility index (Phi) is 4.41. The average molecular weight is 259 g/mol. The van der Waals surface area contributed by atoms with E-state index in [2.05, 4.69) is 10.3 Å². The summed E-state index contributed by atoms with van der Waals surface area (Å²) in [7, 11) is -3.50. The molecule has 4 N–H and O–H groups in total. The van der Waals surface area contributed by atoms with E-state index >= 15 is 0 Å². The number of carbonyl (C=O) groups is 1. The molecule has 1 amide bonds.